The summed E-state index contributed by atoms with van der Waals surface area (Å²) in [4.78, 5) is 11.5. The Morgan fingerprint density at radius 1 is 1.64 bits per heavy atom. The molecule has 1 aromatic heterocycles. The minimum absolute atomic E-state index is 0.0375. The Hall–Kier alpha value is -0.900. The van der Waals surface area contributed by atoms with Crippen LogP contribution in [0.2, 0.25) is 0 Å². The summed E-state index contributed by atoms with van der Waals surface area (Å²) in [5.41, 5.74) is 0.961. The number of rotatable bonds is 4. The lowest BCUT2D eigenvalue weighted by atomic mass is 10.1. The number of furan rings is 1. The van der Waals surface area contributed by atoms with Gasteiger partial charge in [0.25, 0.3) is 0 Å². The molecule has 1 atom stereocenters. The van der Waals surface area contributed by atoms with Gasteiger partial charge < -0.3 is 9.73 Å². The van der Waals surface area contributed by atoms with E-state index in [-0.39, 0.29) is 17.1 Å². The summed E-state index contributed by atoms with van der Waals surface area (Å²) >= 11 is 4.22. The molecule has 0 radical (unpaired) electrons. The molecule has 0 aliphatic carbocycles. The number of thiol groups is 1. The second-order valence-electron chi connectivity index (χ2n) is 3.54. The molecule has 0 saturated carbocycles. The van der Waals surface area contributed by atoms with Gasteiger partial charge in [0.05, 0.1) is 17.8 Å². The standard InChI is InChI=1S/C10H15NO2S/c1-7(2)9(14)10(12)11-5-8-3-4-13-6-8/h3-4,6-7,9,14H,5H2,1-2H3,(H,11,12). The van der Waals surface area contributed by atoms with Crippen molar-refractivity contribution in [2.24, 2.45) is 5.92 Å². The van der Waals surface area contributed by atoms with Gasteiger partial charge in [-0.05, 0) is 12.0 Å². The van der Waals surface area contributed by atoms with E-state index in [4.69, 9.17) is 4.42 Å². The molecule has 0 aliphatic rings. The number of carbonyl (C=O) groups is 1. The van der Waals surface area contributed by atoms with Gasteiger partial charge in [0.15, 0.2) is 0 Å². The smallest absolute Gasteiger partial charge is 0.233 e. The third-order valence-electron chi connectivity index (χ3n) is 1.95. The van der Waals surface area contributed by atoms with Gasteiger partial charge in [-0.1, -0.05) is 13.8 Å². The van der Waals surface area contributed by atoms with Gasteiger partial charge in [-0.3, -0.25) is 4.79 Å². The van der Waals surface area contributed by atoms with Crippen LogP contribution in [0.1, 0.15) is 19.4 Å². The molecule has 0 spiro atoms. The van der Waals surface area contributed by atoms with Crippen molar-refractivity contribution in [3.8, 4) is 0 Å². The summed E-state index contributed by atoms with van der Waals surface area (Å²) in [6, 6.07) is 1.82. The van der Waals surface area contributed by atoms with E-state index in [1.54, 1.807) is 12.5 Å². The number of carbonyl (C=O) groups excluding carboxylic acids is 1. The molecule has 1 heterocycles. The molecule has 4 heteroatoms. The average Bonchev–Trinajstić information content (AvgIpc) is 2.65. The first-order valence-corrected chi connectivity index (χ1v) is 5.09. The molecule has 1 aromatic rings. The Bertz CT molecular complexity index is 282. The van der Waals surface area contributed by atoms with Gasteiger partial charge in [-0.2, -0.15) is 12.6 Å². The summed E-state index contributed by atoms with van der Waals surface area (Å²) in [6.07, 6.45) is 3.20. The highest BCUT2D eigenvalue weighted by molar-refractivity contribution is 7.81. The third kappa shape index (κ3) is 3.10. The molecular formula is C10H15NO2S. The Morgan fingerprint density at radius 2 is 2.36 bits per heavy atom. The second kappa shape index (κ2) is 5.10. The highest BCUT2D eigenvalue weighted by Gasteiger charge is 2.16. The number of hydrogen-bond acceptors (Lipinski definition) is 3. The van der Waals surface area contributed by atoms with Crippen LogP contribution in [0.15, 0.2) is 23.0 Å². The summed E-state index contributed by atoms with van der Waals surface area (Å²) in [5.74, 6) is 0.201. The average molecular weight is 213 g/mol. The van der Waals surface area contributed by atoms with Crippen LogP contribution in [0.5, 0.6) is 0 Å². The Balaban J connectivity index is 2.35. The van der Waals surface area contributed by atoms with E-state index in [1.807, 2.05) is 19.9 Å². The first kappa shape index (κ1) is 11.2. The third-order valence-corrected chi connectivity index (χ3v) is 2.78. The van der Waals surface area contributed by atoms with E-state index in [9.17, 15) is 4.79 Å². The normalized spacial score (nSPS) is 12.9. The number of amides is 1. The minimum atomic E-state index is -0.248. The quantitative estimate of drug-likeness (QED) is 0.749. The second-order valence-corrected chi connectivity index (χ2v) is 4.09. The van der Waals surface area contributed by atoms with Crippen LogP contribution in [-0.4, -0.2) is 11.2 Å². The highest BCUT2D eigenvalue weighted by atomic mass is 32.1. The van der Waals surface area contributed by atoms with Gasteiger partial charge in [-0.15, -0.1) is 0 Å². The van der Waals surface area contributed by atoms with Crippen molar-refractivity contribution in [3.05, 3.63) is 24.2 Å². The van der Waals surface area contributed by atoms with Crippen molar-refractivity contribution in [3.63, 3.8) is 0 Å². The Labute approximate surface area is 89.3 Å². The lowest BCUT2D eigenvalue weighted by Gasteiger charge is -2.13. The molecule has 0 bridgehead atoms. The molecule has 0 fully saturated rings. The fraction of sp³-hybridized carbons (Fsp3) is 0.500. The van der Waals surface area contributed by atoms with Crippen LogP contribution in [0.25, 0.3) is 0 Å². The maximum absolute atomic E-state index is 11.5. The number of nitrogens with one attached hydrogen (secondary N) is 1. The van der Waals surface area contributed by atoms with E-state index in [0.717, 1.165) is 5.56 Å². The van der Waals surface area contributed by atoms with Crippen molar-refractivity contribution in [2.75, 3.05) is 0 Å². The molecule has 78 valence electrons. The van der Waals surface area contributed by atoms with Crippen LogP contribution in [0.4, 0.5) is 0 Å². The summed E-state index contributed by atoms with van der Waals surface area (Å²) in [5, 5.41) is 2.54. The Morgan fingerprint density at radius 3 is 2.86 bits per heavy atom. The monoisotopic (exact) mass is 213 g/mol. The van der Waals surface area contributed by atoms with Gasteiger partial charge in [-0.25, -0.2) is 0 Å². The predicted molar refractivity (Wildman–Crippen MR) is 58.2 cm³/mol. The maximum atomic E-state index is 11.5. The van der Waals surface area contributed by atoms with Crippen LogP contribution in [-0.2, 0) is 11.3 Å². The highest BCUT2D eigenvalue weighted by Crippen LogP contribution is 2.09. The maximum Gasteiger partial charge on any atom is 0.233 e. The fourth-order valence-electron chi connectivity index (χ4n) is 0.990. The minimum Gasteiger partial charge on any atom is -0.472 e. The summed E-state index contributed by atoms with van der Waals surface area (Å²) in [7, 11) is 0. The Kier molecular flexibility index (Phi) is 4.07. The lowest BCUT2D eigenvalue weighted by molar-refractivity contribution is -0.121. The van der Waals surface area contributed by atoms with Crippen LogP contribution < -0.4 is 5.32 Å². The van der Waals surface area contributed by atoms with Gasteiger partial charge in [0.2, 0.25) is 5.91 Å². The van der Waals surface area contributed by atoms with E-state index >= 15 is 0 Å². The van der Waals surface area contributed by atoms with Gasteiger partial charge in [0, 0.05) is 12.1 Å². The largest absolute Gasteiger partial charge is 0.472 e. The van der Waals surface area contributed by atoms with Crippen molar-refractivity contribution in [2.45, 2.75) is 25.6 Å². The zero-order valence-corrected chi connectivity index (χ0v) is 9.25. The van der Waals surface area contributed by atoms with Crippen LogP contribution >= 0.6 is 12.6 Å². The molecule has 14 heavy (non-hydrogen) atoms. The van der Waals surface area contributed by atoms with E-state index in [1.165, 1.54) is 0 Å². The molecule has 1 unspecified atom stereocenters. The van der Waals surface area contributed by atoms with E-state index < -0.39 is 0 Å². The van der Waals surface area contributed by atoms with Crippen molar-refractivity contribution in [1.29, 1.82) is 0 Å². The predicted octanol–water partition coefficient (Wildman–Crippen LogP) is 1.85. The molecule has 1 rings (SSSR count). The molecule has 0 saturated heterocycles. The van der Waals surface area contributed by atoms with Crippen molar-refractivity contribution in [1.82, 2.24) is 5.32 Å². The summed E-state index contributed by atoms with van der Waals surface area (Å²) in [6.45, 7) is 4.43. The van der Waals surface area contributed by atoms with Crippen molar-refractivity contribution >= 4 is 18.5 Å². The molecule has 1 amide bonds. The molecule has 0 aromatic carbocycles. The molecule has 1 N–H and O–H groups in total. The fourth-order valence-corrected chi connectivity index (χ4v) is 1.08. The topological polar surface area (TPSA) is 42.2 Å². The molecule has 3 nitrogen and oxygen atoms in total. The zero-order valence-electron chi connectivity index (χ0n) is 8.36. The number of hydrogen-bond donors (Lipinski definition) is 2. The zero-order chi connectivity index (χ0) is 10.6. The van der Waals surface area contributed by atoms with Crippen LogP contribution in [0, 0.1) is 5.92 Å². The van der Waals surface area contributed by atoms with Crippen LogP contribution in [0.3, 0.4) is 0 Å². The first-order chi connectivity index (χ1) is 6.61. The van der Waals surface area contributed by atoms with Gasteiger partial charge in [0.1, 0.15) is 0 Å². The van der Waals surface area contributed by atoms with Crippen molar-refractivity contribution < 1.29 is 9.21 Å². The first-order valence-electron chi connectivity index (χ1n) is 4.58. The molecular weight excluding hydrogens is 198 g/mol. The van der Waals surface area contributed by atoms with E-state index in [2.05, 4.69) is 17.9 Å². The molecule has 0 aliphatic heterocycles. The SMILES string of the molecule is CC(C)C(S)C(=O)NCc1ccoc1. The van der Waals surface area contributed by atoms with Gasteiger partial charge >= 0.3 is 0 Å². The summed E-state index contributed by atoms with van der Waals surface area (Å²) < 4.78 is 4.88. The lowest BCUT2D eigenvalue weighted by Crippen LogP contribution is -2.33. The van der Waals surface area contributed by atoms with E-state index in [0.29, 0.717) is 6.54 Å².